The summed E-state index contributed by atoms with van der Waals surface area (Å²) in [6.45, 7) is 0. The summed E-state index contributed by atoms with van der Waals surface area (Å²) in [6.07, 6.45) is 0. The van der Waals surface area contributed by atoms with Crippen molar-refractivity contribution in [2.45, 2.75) is 0 Å². The largest absolute Gasteiger partial charge is 0.493 e. The van der Waals surface area contributed by atoms with E-state index in [-0.39, 0.29) is 15.9 Å². The number of nitrogens with zero attached hydrogens (tertiary/aromatic N) is 1. The molecule has 0 radical (unpaired) electrons. The number of methoxy groups -OCH3 is 2. The standard InChI is InChI=1S/C17H14N2O5S/c1-23-13-6-4-10(8-14(13)24-2)19-15(20)11-5-3-9(16(21)22)7-12(11)18-17(19)25/h3-8H,1-2H3,(H,18,25)(H,21,22). The first-order chi connectivity index (χ1) is 12.0. The Hall–Kier alpha value is -3.13. The van der Waals surface area contributed by atoms with Crippen LogP contribution in [0.4, 0.5) is 0 Å². The van der Waals surface area contributed by atoms with Gasteiger partial charge in [0.1, 0.15) is 0 Å². The first kappa shape index (κ1) is 16.7. The van der Waals surface area contributed by atoms with Crippen molar-refractivity contribution < 1.29 is 19.4 Å². The quantitative estimate of drug-likeness (QED) is 0.697. The number of fused-ring (bicyclic) bond motifs is 1. The molecule has 0 bridgehead atoms. The first-order valence-electron chi connectivity index (χ1n) is 7.21. The minimum atomic E-state index is -1.08. The Bertz CT molecular complexity index is 1100. The Labute approximate surface area is 147 Å². The molecule has 2 aromatic carbocycles. The second kappa shape index (κ2) is 6.40. The molecule has 8 heteroatoms. The lowest BCUT2D eigenvalue weighted by Crippen LogP contribution is -2.20. The van der Waals surface area contributed by atoms with Crippen LogP contribution in [0.3, 0.4) is 0 Å². The Kier molecular flexibility index (Phi) is 4.28. The number of ether oxygens (including phenoxy) is 2. The summed E-state index contributed by atoms with van der Waals surface area (Å²) < 4.78 is 11.9. The SMILES string of the molecule is COc1ccc(-n2c(=S)[nH]c3cc(C(=O)O)ccc3c2=O)cc1OC. The van der Waals surface area contributed by atoms with Crippen molar-refractivity contribution in [1.29, 1.82) is 0 Å². The van der Waals surface area contributed by atoms with Gasteiger partial charge in [-0.05, 0) is 42.5 Å². The number of aromatic amines is 1. The number of hydrogen-bond acceptors (Lipinski definition) is 5. The average molecular weight is 358 g/mol. The second-order valence-electron chi connectivity index (χ2n) is 5.18. The van der Waals surface area contributed by atoms with E-state index in [1.54, 1.807) is 18.2 Å². The van der Waals surface area contributed by atoms with Crippen LogP contribution in [0.2, 0.25) is 0 Å². The highest BCUT2D eigenvalue weighted by Crippen LogP contribution is 2.29. The average Bonchev–Trinajstić information content (AvgIpc) is 2.60. The molecule has 1 aromatic heterocycles. The topological polar surface area (TPSA) is 93.5 Å². The molecule has 2 N–H and O–H groups in total. The molecule has 0 spiro atoms. The third kappa shape index (κ3) is 2.87. The molecular formula is C17H14N2O5S. The van der Waals surface area contributed by atoms with Crippen molar-refractivity contribution >= 4 is 29.1 Å². The molecule has 0 atom stereocenters. The fourth-order valence-corrected chi connectivity index (χ4v) is 2.85. The number of carboxylic acid groups (broad SMARTS) is 1. The van der Waals surface area contributed by atoms with Crippen molar-refractivity contribution in [3.05, 3.63) is 57.1 Å². The zero-order valence-corrected chi connectivity index (χ0v) is 14.2. The van der Waals surface area contributed by atoms with E-state index in [0.717, 1.165) is 0 Å². The fraction of sp³-hybridized carbons (Fsp3) is 0.118. The van der Waals surface area contributed by atoms with Gasteiger partial charge < -0.3 is 19.6 Å². The summed E-state index contributed by atoms with van der Waals surface area (Å²) >= 11 is 5.29. The third-order valence-electron chi connectivity index (χ3n) is 3.77. The predicted molar refractivity (Wildman–Crippen MR) is 94.8 cm³/mol. The van der Waals surface area contributed by atoms with Crippen molar-refractivity contribution in [3.8, 4) is 17.2 Å². The molecular weight excluding hydrogens is 344 g/mol. The van der Waals surface area contributed by atoms with Gasteiger partial charge in [-0.25, -0.2) is 4.79 Å². The minimum absolute atomic E-state index is 0.0708. The number of aromatic nitrogens is 2. The van der Waals surface area contributed by atoms with E-state index in [1.807, 2.05) is 0 Å². The summed E-state index contributed by atoms with van der Waals surface area (Å²) in [4.78, 5) is 26.8. The highest BCUT2D eigenvalue weighted by molar-refractivity contribution is 7.71. The molecule has 0 aliphatic heterocycles. The van der Waals surface area contributed by atoms with Gasteiger partial charge in [0.25, 0.3) is 5.56 Å². The molecule has 128 valence electrons. The van der Waals surface area contributed by atoms with Crippen molar-refractivity contribution in [2.75, 3.05) is 14.2 Å². The number of benzene rings is 2. The van der Waals surface area contributed by atoms with E-state index in [1.165, 1.54) is 37.0 Å². The van der Waals surface area contributed by atoms with E-state index in [4.69, 9.17) is 26.8 Å². The van der Waals surface area contributed by atoms with Gasteiger partial charge in [0.05, 0.1) is 36.4 Å². The Morgan fingerprint density at radius 2 is 1.84 bits per heavy atom. The van der Waals surface area contributed by atoms with Gasteiger partial charge in [-0.2, -0.15) is 0 Å². The van der Waals surface area contributed by atoms with Crippen LogP contribution in [0.1, 0.15) is 10.4 Å². The molecule has 0 unspecified atom stereocenters. The summed E-state index contributed by atoms with van der Waals surface area (Å²) in [5.41, 5.74) is 0.587. The Morgan fingerprint density at radius 3 is 2.48 bits per heavy atom. The van der Waals surface area contributed by atoms with E-state index in [2.05, 4.69) is 4.98 Å². The van der Waals surface area contributed by atoms with E-state index < -0.39 is 5.97 Å². The van der Waals surface area contributed by atoms with Gasteiger partial charge in [0.2, 0.25) is 0 Å². The molecule has 0 amide bonds. The van der Waals surface area contributed by atoms with Gasteiger partial charge in [0.15, 0.2) is 16.3 Å². The smallest absolute Gasteiger partial charge is 0.335 e. The monoisotopic (exact) mass is 358 g/mol. The summed E-state index contributed by atoms with van der Waals surface area (Å²) in [5, 5.41) is 9.40. The molecule has 3 rings (SSSR count). The van der Waals surface area contributed by atoms with Crippen LogP contribution in [-0.4, -0.2) is 34.8 Å². The number of carbonyl (C=O) groups is 1. The van der Waals surface area contributed by atoms with Crippen LogP contribution in [-0.2, 0) is 0 Å². The van der Waals surface area contributed by atoms with E-state index >= 15 is 0 Å². The van der Waals surface area contributed by atoms with Crippen LogP contribution < -0.4 is 15.0 Å². The first-order valence-corrected chi connectivity index (χ1v) is 7.62. The molecule has 25 heavy (non-hydrogen) atoms. The molecule has 0 aliphatic carbocycles. The number of nitrogens with one attached hydrogen (secondary N) is 1. The molecule has 7 nitrogen and oxygen atoms in total. The van der Waals surface area contributed by atoms with Crippen LogP contribution in [0.25, 0.3) is 16.6 Å². The third-order valence-corrected chi connectivity index (χ3v) is 4.05. The van der Waals surface area contributed by atoms with Gasteiger partial charge in [-0.1, -0.05) is 0 Å². The summed E-state index contributed by atoms with van der Waals surface area (Å²) in [6, 6.07) is 9.22. The van der Waals surface area contributed by atoms with E-state index in [9.17, 15) is 9.59 Å². The van der Waals surface area contributed by atoms with Gasteiger partial charge in [-0.15, -0.1) is 0 Å². The molecule has 1 heterocycles. The normalized spacial score (nSPS) is 10.6. The molecule has 0 saturated heterocycles. The highest BCUT2D eigenvalue weighted by Gasteiger charge is 2.12. The lowest BCUT2D eigenvalue weighted by Gasteiger charge is -2.12. The zero-order chi connectivity index (χ0) is 18.1. The molecule has 3 aromatic rings. The zero-order valence-electron chi connectivity index (χ0n) is 13.4. The van der Waals surface area contributed by atoms with E-state index in [0.29, 0.717) is 28.1 Å². The molecule has 0 fully saturated rings. The van der Waals surface area contributed by atoms with Crippen LogP contribution in [0.15, 0.2) is 41.2 Å². The van der Waals surface area contributed by atoms with Gasteiger partial charge >= 0.3 is 5.97 Å². The fourth-order valence-electron chi connectivity index (χ4n) is 2.55. The van der Waals surface area contributed by atoms with Crippen LogP contribution in [0.5, 0.6) is 11.5 Å². The predicted octanol–water partition coefficient (Wildman–Crippen LogP) is 2.76. The maximum atomic E-state index is 12.8. The lowest BCUT2D eigenvalue weighted by atomic mass is 10.1. The van der Waals surface area contributed by atoms with Gasteiger partial charge in [-0.3, -0.25) is 9.36 Å². The molecule has 0 aliphatic rings. The number of hydrogen-bond donors (Lipinski definition) is 2. The maximum absolute atomic E-state index is 12.8. The summed E-state index contributed by atoms with van der Waals surface area (Å²) in [7, 11) is 3.02. The maximum Gasteiger partial charge on any atom is 0.335 e. The van der Waals surface area contributed by atoms with Gasteiger partial charge in [0, 0.05) is 6.07 Å². The Balaban J connectivity index is 2.27. The Morgan fingerprint density at radius 1 is 1.12 bits per heavy atom. The number of H-pyrrole nitrogens is 1. The number of carboxylic acids is 1. The number of aromatic carboxylic acids is 1. The summed E-state index contributed by atoms with van der Waals surface area (Å²) in [5.74, 6) is -0.0889. The van der Waals surface area contributed by atoms with Crippen molar-refractivity contribution in [1.82, 2.24) is 9.55 Å². The second-order valence-corrected chi connectivity index (χ2v) is 5.56. The van der Waals surface area contributed by atoms with Crippen molar-refractivity contribution in [3.63, 3.8) is 0 Å². The number of rotatable bonds is 4. The lowest BCUT2D eigenvalue weighted by molar-refractivity contribution is 0.0697. The minimum Gasteiger partial charge on any atom is -0.493 e. The van der Waals surface area contributed by atoms with Crippen molar-refractivity contribution in [2.24, 2.45) is 0 Å². The van der Waals surface area contributed by atoms with Crippen LogP contribution >= 0.6 is 12.2 Å². The van der Waals surface area contributed by atoms with Crippen LogP contribution in [0, 0.1) is 4.77 Å². The highest BCUT2D eigenvalue weighted by atomic mass is 32.1. The molecule has 0 saturated carbocycles.